The number of ether oxygens (including phenoxy) is 1. The number of amides is 1. The van der Waals surface area contributed by atoms with Gasteiger partial charge in [-0.3, -0.25) is 4.79 Å². The molecule has 1 aliphatic rings. The SMILES string of the molecule is CCC(C)c1ccccc1NC(=O)C1(CC)COC1. The van der Waals surface area contributed by atoms with E-state index in [1.54, 1.807) is 0 Å². The van der Waals surface area contributed by atoms with Crippen molar-refractivity contribution in [2.45, 2.75) is 39.5 Å². The molecule has 104 valence electrons. The van der Waals surface area contributed by atoms with Gasteiger partial charge >= 0.3 is 0 Å². The van der Waals surface area contributed by atoms with E-state index in [9.17, 15) is 4.79 Å². The van der Waals surface area contributed by atoms with E-state index < -0.39 is 0 Å². The van der Waals surface area contributed by atoms with Crippen molar-refractivity contribution in [3.63, 3.8) is 0 Å². The van der Waals surface area contributed by atoms with E-state index in [1.165, 1.54) is 5.56 Å². The Bertz CT molecular complexity index is 446. The summed E-state index contributed by atoms with van der Waals surface area (Å²) in [5.74, 6) is 0.545. The molecular formula is C16H23NO2. The van der Waals surface area contributed by atoms with Crippen molar-refractivity contribution >= 4 is 11.6 Å². The highest BCUT2D eigenvalue weighted by Gasteiger charge is 2.44. The van der Waals surface area contributed by atoms with Crippen molar-refractivity contribution in [2.24, 2.45) is 5.41 Å². The average molecular weight is 261 g/mol. The topological polar surface area (TPSA) is 38.3 Å². The predicted octanol–water partition coefficient (Wildman–Crippen LogP) is 3.57. The van der Waals surface area contributed by atoms with Crippen molar-refractivity contribution < 1.29 is 9.53 Å². The van der Waals surface area contributed by atoms with Gasteiger partial charge in [0.15, 0.2) is 0 Å². The molecule has 1 unspecified atom stereocenters. The van der Waals surface area contributed by atoms with Gasteiger partial charge in [0.25, 0.3) is 0 Å². The summed E-state index contributed by atoms with van der Waals surface area (Å²) in [6.45, 7) is 7.48. The molecule has 1 aromatic rings. The maximum Gasteiger partial charge on any atom is 0.235 e. The number of hydrogen-bond acceptors (Lipinski definition) is 2. The summed E-state index contributed by atoms with van der Waals surface area (Å²) in [4.78, 5) is 12.4. The van der Waals surface area contributed by atoms with E-state index >= 15 is 0 Å². The molecule has 1 atom stereocenters. The molecule has 2 rings (SSSR count). The highest BCUT2D eigenvalue weighted by atomic mass is 16.5. The van der Waals surface area contributed by atoms with Crippen LogP contribution in [0, 0.1) is 5.41 Å². The van der Waals surface area contributed by atoms with Gasteiger partial charge in [0, 0.05) is 5.69 Å². The van der Waals surface area contributed by atoms with Crippen LogP contribution in [-0.2, 0) is 9.53 Å². The van der Waals surface area contributed by atoms with E-state index in [0.717, 1.165) is 18.5 Å². The molecule has 3 nitrogen and oxygen atoms in total. The fraction of sp³-hybridized carbons (Fsp3) is 0.562. The van der Waals surface area contributed by atoms with Crippen LogP contribution in [0.4, 0.5) is 5.69 Å². The molecule has 1 amide bonds. The lowest BCUT2D eigenvalue weighted by Crippen LogP contribution is -2.51. The molecule has 1 N–H and O–H groups in total. The van der Waals surface area contributed by atoms with Gasteiger partial charge < -0.3 is 10.1 Å². The molecule has 1 saturated heterocycles. The summed E-state index contributed by atoms with van der Waals surface area (Å²) in [7, 11) is 0. The van der Waals surface area contributed by atoms with Crippen LogP contribution in [0.15, 0.2) is 24.3 Å². The third-order valence-corrected chi connectivity index (χ3v) is 4.27. The van der Waals surface area contributed by atoms with E-state index in [-0.39, 0.29) is 11.3 Å². The molecule has 0 saturated carbocycles. The van der Waals surface area contributed by atoms with Crippen molar-refractivity contribution in [2.75, 3.05) is 18.5 Å². The zero-order valence-electron chi connectivity index (χ0n) is 12.0. The first kappa shape index (κ1) is 14.1. The van der Waals surface area contributed by atoms with E-state index in [4.69, 9.17) is 4.74 Å². The lowest BCUT2D eigenvalue weighted by atomic mass is 9.82. The Balaban J connectivity index is 2.17. The Morgan fingerprint density at radius 2 is 2.05 bits per heavy atom. The highest BCUT2D eigenvalue weighted by molar-refractivity contribution is 5.96. The first-order chi connectivity index (χ1) is 9.13. The Kier molecular flexibility index (Phi) is 4.25. The zero-order chi connectivity index (χ0) is 13.9. The van der Waals surface area contributed by atoms with Crippen LogP contribution >= 0.6 is 0 Å². The molecule has 1 fully saturated rings. The first-order valence-corrected chi connectivity index (χ1v) is 7.11. The number of nitrogens with one attached hydrogen (secondary N) is 1. The van der Waals surface area contributed by atoms with Crippen molar-refractivity contribution in [1.82, 2.24) is 0 Å². The van der Waals surface area contributed by atoms with Gasteiger partial charge in [0.1, 0.15) is 0 Å². The van der Waals surface area contributed by atoms with Gasteiger partial charge in [-0.15, -0.1) is 0 Å². The minimum atomic E-state index is -0.317. The van der Waals surface area contributed by atoms with Gasteiger partial charge in [-0.2, -0.15) is 0 Å². The summed E-state index contributed by atoms with van der Waals surface area (Å²) in [5, 5.41) is 3.10. The second-order valence-electron chi connectivity index (χ2n) is 5.48. The van der Waals surface area contributed by atoms with Crippen molar-refractivity contribution in [1.29, 1.82) is 0 Å². The van der Waals surface area contributed by atoms with Gasteiger partial charge in [-0.05, 0) is 30.4 Å². The van der Waals surface area contributed by atoms with Gasteiger partial charge in [-0.1, -0.05) is 39.0 Å². The molecule has 0 aromatic heterocycles. The molecule has 1 aromatic carbocycles. The molecule has 3 heteroatoms. The number of hydrogen-bond donors (Lipinski definition) is 1. The fourth-order valence-corrected chi connectivity index (χ4v) is 2.36. The summed E-state index contributed by atoms with van der Waals surface area (Å²) >= 11 is 0. The Morgan fingerprint density at radius 3 is 2.58 bits per heavy atom. The lowest BCUT2D eigenvalue weighted by molar-refractivity contribution is -0.156. The Hall–Kier alpha value is -1.35. The third kappa shape index (κ3) is 2.66. The second-order valence-corrected chi connectivity index (χ2v) is 5.48. The highest BCUT2D eigenvalue weighted by Crippen LogP contribution is 2.34. The van der Waals surface area contributed by atoms with Gasteiger partial charge in [0.05, 0.1) is 18.6 Å². The van der Waals surface area contributed by atoms with Crippen molar-refractivity contribution in [3.8, 4) is 0 Å². The van der Waals surface area contributed by atoms with Crippen LogP contribution < -0.4 is 5.32 Å². The number of anilines is 1. The Morgan fingerprint density at radius 1 is 1.37 bits per heavy atom. The maximum atomic E-state index is 12.4. The van der Waals surface area contributed by atoms with Crippen LogP contribution in [0.25, 0.3) is 0 Å². The normalized spacial score (nSPS) is 18.5. The van der Waals surface area contributed by atoms with Crippen LogP contribution in [-0.4, -0.2) is 19.1 Å². The summed E-state index contributed by atoms with van der Waals surface area (Å²) in [5.41, 5.74) is 1.84. The van der Waals surface area contributed by atoms with Gasteiger partial charge in [-0.25, -0.2) is 0 Å². The van der Waals surface area contributed by atoms with E-state index in [2.05, 4.69) is 25.2 Å². The average Bonchev–Trinajstić information content (AvgIpc) is 2.38. The van der Waals surface area contributed by atoms with Crippen LogP contribution in [0.3, 0.4) is 0 Å². The molecule has 0 radical (unpaired) electrons. The third-order valence-electron chi connectivity index (χ3n) is 4.27. The molecule has 0 spiro atoms. The number of benzene rings is 1. The molecule has 1 heterocycles. The molecule has 19 heavy (non-hydrogen) atoms. The predicted molar refractivity (Wildman–Crippen MR) is 77.3 cm³/mol. The molecular weight excluding hydrogens is 238 g/mol. The standard InChI is InChI=1S/C16H23NO2/c1-4-12(3)13-8-6-7-9-14(13)17-15(18)16(5-2)10-19-11-16/h6-9,12H,4-5,10-11H2,1-3H3,(H,17,18). The number of carbonyl (C=O) groups excluding carboxylic acids is 1. The summed E-state index contributed by atoms with van der Waals surface area (Å²) < 4.78 is 5.23. The minimum Gasteiger partial charge on any atom is -0.379 e. The maximum absolute atomic E-state index is 12.4. The quantitative estimate of drug-likeness (QED) is 0.880. The smallest absolute Gasteiger partial charge is 0.235 e. The van der Waals surface area contributed by atoms with Crippen LogP contribution in [0.5, 0.6) is 0 Å². The molecule has 1 aliphatic heterocycles. The Labute approximate surface area is 115 Å². The van der Waals surface area contributed by atoms with E-state index in [0.29, 0.717) is 19.1 Å². The zero-order valence-corrected chi connectivity index (χ0v) is 12.0. The number of rotatable bonds is 5. The lowest BCUT2D eigenvalue weighted by Gasteiger charge is -2.39. The largest absolute Gasteiger partial charge is 0.379 e. The molecule has 0 aliphatic carbocycles. The van der Waals surface area contributed by atoms with Crippen molar-refractivity contribution in [3.05, 3.63) is 29.8 Å². The summed E-state index contributed by atoms with van der Waals surface area (Å²) in [6.07, 6.45) is 1.89. The van der Waals surface area contributed by atoms with Crippen LogP contribution in [0.1, 0.15) is 45.1 Å². The number of carbonyl (C=O) groups is 1. The van der Waals surface area contributed by atoms with Gasteiger partial charge in [0.2, 0.25) is 5.91 Å². The minimum absolute atomic E-state index is 0.0944. The van der Waals surface area contributed by atoms with Crippen LogP contribution in [0.2, 0.25) is 0 Å². The second kappa shape index (κ2) is 5.74. The first-order valence-electron chi connectivity index (χ1n) is 7.11. The molecule has 0 bridgehead atoms. The summed E-state index contributed by atoms with van der Waals surface area (Å²) in [6, 6.07) is 8.08. The fourth-order valence-electron chi connectivity index (χ4n) is 2.36. The number of para-hydroxylation sites is 1. The van der Waals surface area contributed by atoms with E-state index in [1.807, 2.05) is 25.1 Å². The monoisotopic (exact) mass is 261 g/mol.